The molecule has 10 rings (SSSR count). The molecule has 0 fully saturated rings. The summed E-state index contributed by atoms with van der Waals surface area (Å²) in [5.41, 5.74) is 15.8. The van der Waals surface area contributed by atoms with Gasteiger partial charge in [0.15, 0.2) is 0 Å². The standard InChI is InChI=1S/C24H18B2Cl2.C22H12Cl2.4CH3.2Sn/c1-25-21-9-7-19(27)11-15(21)3-5-17-14-24-18(13-23(17)25)6-4-16-12-20(28)8-10-22(16)26(24)2;23-21-5-1-3-19(15-21)13-11-17-7-9-18(10-8-17)12-14-20-4-2-6-22(24)16-20;;;;;;/h3-14H,1-2H3;1-2,5-7,10-16H;4*1H3;;. The van der Waals surface area contributed by atoms with E-state index in [1.807, 2.05) is 12.1 Å². The zero-order valence-electron chi connectivity index (χ0n) is 33.5. The van der Waals surface area contributed by atoms with Crippen LogP contribution < -0.4 is 36.2 Å². The SMILES string of the molecule is CB1c2ccc(Cl)cc2C=Cc2cc3c(cc21)C=Cc1cc(Cl)ccc1B3C.[CH3][Sn]1([CH3])[c]2ccc(Cl)cc2C=Cc2c[c]3c(c[c]21)C=Cc1cc(Cl)cc[c]1[Sn]3([CH3])[CH3]. The van der Waals surface area contributed by atoms with Gasteiger partial charge in [-0.15, -0.1) is 0 Å². The summed E-state index contributed by atoms with van der Waals surface area (Å²) in [5.74, 6) is 0. The number of hydrogen-bond donors (Lipinski definition) is 0. The van der Waals surface area contributed by atoms with Crippen molar-refractivity contribution in [2.45, 2.75) is 33.4 Å². The molecule has 0 N–H and O–H groups in total. The topological polar surface area (TPSA) is 0 Å². The van der Waals surface area contributed by atoms with E-state index in [2.05, 4.69) is 167 Å². The van der Waals surface area contributed by atoms with Crippen LogP contribution in [0.25, 0.3) is 48.6 Å². The van der Waals surface area contributed by atoms with Gasteiger partial charge in [0.05, 0.1) is 0 Å². The molecule has 6 aromatic rings. The predicted molar refractivity (Wildman–Crippen MR) is 270 cm³/mol. The first kappa shape index (κ1) is 40.6. The van der Waals surface area contributed by atoms with Crippen molar-refractivity contribution in [3.8, 4) is 0 Å². The fraction of sp³-hybridized carbons (Fsp3) is 0.120. The van der Waals surface area contributed by atoms with Crippen LogP contribution >= 0.6 is 46.4 Å². The van der Waals surface area contributed by atoms with Crippen molar-refractivity contribution in [2.75, 3.05) is 0 Å². The van der Waals surface area contributed by atoms with Crippen molar-refractivity contribution < 1.29 is 0 Å². The zero-order valence-corrected chi connectivity index (χ0v) is 42.3. The molecular weight excluding hydrogens is 1000 g/mol. The van der Waals surface area contributed by atoms with Crippen LogP contribution in [0.2, 0.25) is 53.5 Å². The maximum absolute atomic E-state index is 6.33. The molecule has 0 unspecified atom stereocenters. The summed E-state index contributed by atoms with van der Waals surface area (Å²) in [4.78, 5) is 10.1. The van der Waals surface area contributed by atoms with E-state index in [1.54, 1.807) is 7.16 Å². The summed E-state index contributed by atoms with van der Waals surface area (Å²) in [5, 5.41) is 3.20. The van der Waals surface area contributed by atoms with Crippen LogP contribution in [0.3, 0.4) is 0 Å². The van der Waals surface area contributed by atoms with Crippen LogP contribution in [0, 0.1) is 0 Å². The van der Waals surface area contributed by atoms with Crippen molar-refractivity contribution in [2.24, 2.45) is 0 Å². The monoisotopic (exact) mass is 1040 g/mol. The number of rotatable bonds is 0. The fourth-order valence-corrected chi connectivity index (χ4v) is 27.9. The van der Waals surface area contributed by atoms with Crippen LogP contribution in [0.5, 0.6) is 0 Å². The number of hydrogen-bond acceptors (Lipinski definition) is 0. The van der Waals surface area contributed by atoms with E-state index in [-0.39, 0.29) is 0 Å². The van der Waals surface area contributed by atoms with Gasteiger partial charge in [-0.3, -0.25) is 0 Å². The first-order valence-electron chi connectivity index (χ1n) is 20.0. The van der Waals surface area contributed by atoms with Crippen molar-refractivity contribution >= 4 is 181 Å². The fourth-order valence-electron chi connectivity index (χ4n) is 9.69. The third-order valence-electron chi connectivity index (χ3n) is 13.0. The molecule has 4 heterocycles. The molecular formula is C50H42B2Cl4Sn2. The minimum absolute atomic E-state index is 0.311. The molecule has 0 nitrogen and oxygen atoms in total. The van der Waals surface area contributed by atoms with Crippen LogP contribution in [-0.2, 0) is 0 Å². The Bertz CT molecular complexity index is 2640. The molecule has 0 spiro atoms. The Kier molecular flexibility index (Phi) is 10.9. The molecule has 0 atom stereocenters. The Morgan fingerprint density at radius 1 is 0.310 bits per heavy atom. The molecule has 0 saturated carbocycles. The number of halogens is 4. The van der Waals surface area contributed by atoms with Crippen molar-refractivity contribution in [1.29, 1.82) is 0 Å². The molecule has 4 aliphatic rings. The van der Waals surface area contributed by atoms with Crippen LogP contribution in [-0.4, -0.2) is 50.2 Å². The van der Waals surface area contributed by atoms with Gasteiger partial charge < -0.3 is 0 Å². The molecule has 58 heavy (non-hydrogen) atoms. The third-order valence-corrected chi connectivity index (χ3v) is 34.4. The molecule has 0 saturated heterocycles. The van der Waals surface area contributed by atoms with Crippen LogP contribution in [0.1, 0.15) is 44.5 Å². The van der Waals surface area contributed by atoms with E-state index in [1.165, 1.54) is 73.5 Å². The second-order valence-electron chi connectivity index (χ2n) is 17.2. The van der Waals surface area contributed by atoms with Gasteiger partial charge in [-0.1, -0.05) is 107 Å². The summed E-state index contributed by atoms with van der Waals surface area (Å²) in [6, 6.07) is 35.1. The summed E-state index contributed by atoms with van der Waals surface area (Å²) in [7, 11) is 0. The van der Waals surface area contributed by atoms with Gasteiger partial charge in [0, 0.05) is 10.0 Å². The average molecular weight is 1040 g/mol. The van der Waals surface area contributed by atoms with Crippen LogP contribution in [0.15, 0.2) is 97.1 Å². The number of fused-ring (bicyclic) bond motifs is 8. The summed E-state index contributed by atoms with van der Waals surface area (Å²) in [6.45, 7) is 5.19. The Morgan fingerprint density at radius 3 is 0.948 bits per heavy atom. The minimum atomic E-state index is -2.77. The normalized spacial score (nSPS) is 15.7. The molecule has 8 heteroatoms. The quantitative estimate of drug-likeness (QED) is 0.133. The molecule has 0 amide bonds. The van der Waals surface area contributed by atoms with E-state index in [0.29, 0.717) is 13.4 Å². The van der Waals surface area contributed by atoms with E-state index in [9.17, 15) is 0 Å². The molecule has 0 aromatic heterocycles. The Morgan fingerprint density at radius 2 is 0.586 bits per heavy atom. The van der Waals surface area contributed by atoms with Crippen molar-refractivity contribution in [3.05, 3.63) is 162 Å². The third kappa shape index (κ3) is 7.26. The van der Waals surface area contributed by atoms with Gasteiger partial charge in [-0.05, 0) is 46.5 Å². The molecule has 0 bridgehead atoms. The van der Waals surface area contributed by atoms with Gasteiger partial charge in [-0.25, -0.2) is 0 Å². The molecule has 284 valence electrons. The summed E-state index contributed by atoms with van der Waals surface area (Å²) >= 11 is 19.6. The van der Waals surface area contributed by atoms with E-state index >= 15 is 0 Å². The first-order valence-corrected chi connectivity index (χ1v) is 38.6. The first-order chi connectivity index (χ1) is 27.7. The molecule has 4 aliphatic heterocycles. The Balaban J connectivity index is 0.000000151. The van der Waals surface area contributed by atoms with Crippen LogP contribution in [0.4, 0.5) is 0 Å². The van der Waals surface area contributed by atoms with E-state index in [4.69, 9.17) is 46.4 Å². The second kappa shape index (κ2) is 15.6. The predicted octanol–water partition coefficient (Wildman–Crippen LogP) is 10.0. The van der Waals surface area contributed by atoms with Gasteiger partial charge in [0.25, 0.3) is 0 Å². The maximum atomic E-state index is 6.33. The average Bonchev–Trinajstić information content (AvgIpc) is 3.51. The molecule has 0 aliphatic carbocycles. The van der Waals surface area contributed by atoms with E-state index in [0.717, 1.165) is 20.1 Å². The summed E-state index contributed by atoms with van der Waals surface area (Å²) in [6.07, 6.45) is 18.1. The summed E-state index contributed by atoms with van der Waals surface area (Å²) < 4.78 is 6.21. The van der Waals surface area contributed by atoms with Gasteiger partial charge in [0.1, 0.15) is 0 Å². The molecule has 0 radical (unpaired) electrons. The Labute approximate surface area is 372 Å². The number of benzene rings is 6. The zero-order chi connectivity index (χ0) is 40.7. The van der Waals surface area contributed by atoms with Crippen molar-refractivity contribution in [1.82, 2.24) is 0 Å². The van der Waals surface area contributed by atoms with Gasteiger partial charge in [-0.2, -0.15) is 0 Å². The van der Waals surface area contributed by atoms with Gasteiger partial charge >= 0.3 is 199 Å². The molecule has 6 aromatic carbocycles. The second-order valence-corrected chi connectivity index (χ2v) is 43.6. The van der Waals surface area contributed by atoms with Gasteiger partial charge in [0.2, 0.25) is 13.4 Å². The van der Waals surface area contributed by atoms with E-state index < -0.39 is 36.8 Å². The Hall–Kier alpha value is -2.83. The van der Waals surface area contributed by atoms with Crippen molar-refractivity contribution in [3.63, 3.8) is 0 Å².